The Kier molecular flexibility index (Phi) is 3.20. The standard InChI is InChI=1S/C13H11NO4/c1-3-17-8-4-5-9-11(6-8)18-13(15)10(7-14)12(9)16-2/h4-6H,3H2,1-2H3. The summed E-state index contributed by atoms with van der Waals surface area (Å²) in [6.45, 7) is 2.38. The molecule has 0 bridgehead atoms. The van der Waals surface area contributed by atoms with E-state index in [1.807, 2.05) is 6.92 Å². The van der Waals surface area contributed by atoms with Crippen molar-refractivity contribution in [2.24, 2.45) is 0 Å². The van der Waals surface area contributed by atoms with Gasteiger partial charge >= 0.3 is 5.63 Å². The molecule has 0 aliphatic heterocycles. The molecule has 0 aliphatic carbocycles. The molecular formula is C13H11NO4. The number of fused-ring (bicyclic) bond motifs is 1. The highest BCUT2D eigenvalue weighted by Gasteiger charge is 2.15. The molecule has 2 aromatic rings. The molecule has 1 heterocycles. The first kappa shape index (κ1) is 12.0. The lowest BCUT2D eigenvalue weighted by Gasteiger charge is -2.07. The molecule has 0 N–H and O–H groups in total. The highest BCUT2D eigenvalue weighted by atomic mass is 16.5. The first-order chi connectivity index (χ1) is 8.71. The number of nitriles is 1. The van der Waals surface area contributed by atoms with Crippen LogP contribution in [-0.2, 0) is 0 Å². The minimum Gasteiger partial charge on any atom is -0.494 e. The van der Waals surface area contributed by atoms with Crippen molar-refractivity contribution in [3.63, 3.8) is 0 Å². The minimum atomic E-state index is -0.713. The predicted molar refractivity (Wildman–Crippen MR) is 64.9 cm³/mol. The fourth-order valence-corrected chi connectivity index (χ4v) is 1.72. The van der Waals surface area contributed by atoms with Crippen molar-refractivity contribution >= 4 is 11.0 Å². The van der Waals surface area contributed by atoms with Crippen LogP contribution in [0.3, 0.4) is 0 Å². The Balaban J connectivity index is 2.76. The topological polar surface area (TPSA) is 72.5 Å². The lowest BCUT2D eigenvalue weighted by Crippen LogP contribution is -2.07. The predicted octanol–water partition coefficient (Wildman–Crippen LogP) is 2.07. The lowest BCUT2D eigenvalue weighted by molar-refractivity contribution is 0.340. The summed E-state index contributed by atoms with van der Waals surface area (Å²) in [5.41, 5.74) is -0.508. The quantitative estimate of drug-likeness (QED) is 0.774. The molecule has 1 aromatic carbocycles. The summed E-state index contributed by atoms with van der Waals surface area (Å²) in [5, 5.41) is 9.48. The molecule has 0 saturated heterocycles. The van der Waals surface area contributed by atoms with Gasteiger partial charge in [0.05, 0.1) is 19.1 Å². The fraction of sp³-hybridized carbons (Fsp3) is 0.231. The van der Waals surface area contributed by atoms with Gasteiger partial charge in [0.2, 0.25) is 0 Å². The van der Waals surface area contributed by atoms with Gasteiger partial charge in [0, 0.05) is 6.07 Å². The van der Waals surface area contributed by atoms with Crippen molar-refractivity contribution < 1.29 is 13.9 Å². The molecule has 2 rings (SSSR count). The van der Waals surface area contributed by atoms with Crippen LogP contribution in [-0.4, -0.2) is 13.7 Å². The summed E-state index contributed by atoms with van der Waals surface area (Å²) >= 11 is 0. The van der Waals surface area contributed by atoms with Crippen LogP contribution in [0.4, 0.5) is 0 Å². The fourth-order valence-electron chi connectivity index (χ4n) is 1.72. The number of rotatable bonds is 3. The third-order valence-electron chi connectivity index (χ3n) is 2.46. The second-order valence-electron chi connectivity index (χ2n) is 3.50. The van der Waals surface area contributed by atoms with E-state index in [0.29, 0.717) is 23.3 Å². The molecule has 18 heavy (non-hydrogen) atoms. The summed E-state index contributed by atoms with van der Waals surface area (Å²) in [6, 6.07) is 6.81. The molecule has 5 nitrogen and oxygen atoms in total. The first-order valence-electron chi connectivity index (χ1n) is 5.39. The third kappa shape index (κ3) is 1.89. The Hall–Kier alpha value is -2.48. The second kappa shape index (κ2) is 4.80. The Labute approximate surface area is 103 Å². The smallest absolute Gasteiger partial charge is 0.358 e. The zero-order valence-corrected chi connectivity index (χ0v) is 10.0. The van der Waals surface area contributed by atoms with E-state index in [-0.39, 0.29) is 11.3 Å². The van der Waals surface area contributed by atoms with Gasteiger partial charge in [0.1, 0.15) is 17.4 Å². The van der Waals surface area contributed by atoms with Crippen LogP contribution < -0.4 is 15.1 Å². The molecule has 0 atom stereocenters. The van der Waals surface area contributed by atoms with Crippen LogP contribution in [0.2, 0.25) is 0 Å². The van der Waals surface area contributed by atoms with Crippen molar-refractivity contribution in [3.8, 4) is 17.6 Å². The number of methoxy groups -OCH3 is 1. The normalized spacial score (nSPS) is 10.1. The largest absolute Gasteiger partial charge is 0.494 e. The number of hydrogen-bond acceptors (Lipinski definition) is 5. The molecule has 0 unspecified atom stereocenters. The minimum absolute atomic E-state index is 0.130. The number of nitrogens with zero attached hydrogens (tertiary/aromatic N) is 1. The van der Waals surface area contributed by atoms with Crippen molar-refractivity contribution in [2.45, 2.75) is 6.92 Å². The Morgan fingerprint density at radius 3 is 2.83 bits per heavy atom. The van der Waals surface area contributed by atoms with E-state index in [1.54, 1.807) is 24.3 Å². The van der Waals surface area contributed by atoms with Crippen LogP contribution in [0, 0.1) is 11.3 Å². The lowest BCUT2D eigenvalue weighted by atomic mass is 10.1. The summed E-state index contributed by atoms with van der Waals surface area (Å²) < 4.78 is 15.5. The molecule has 0 fully saturated rings. The SMILES string of the molecule is CCOc1ccc2c(OC)c(C#N)c(=O)oc2c1. The molecule has 1 aromatic heterocycles. The molecule has 0 radical (unpaired) electrons. The molecule has 92 valence electrons. The Bertz CT molecular complexity index is 682. The maximum Gasteiger partial charge on any atom is 0.358 e. The number of hydrogen-bond donors (Lipinski definition) is 0. The molecule has 0 aliphatic rings. The van der Waals surface area contributed by atoms with Gasteiger partial charge in [0.15, 0.2) is 11.3 Å². The van der Waals surface area contributed by atoms with Crippen molar-refractivity contribution in [1.82, 2.24) is 0 Å². The summed E-state index contributed by atoms with van der Waals surface area (Å²) in [4.78, 5) is 11.6. The van der Waals surface area contributed by atoms with Gasteiger partial charge in [-0.1, -0.05) is 0 Å². The van der Waals surface area contributed by atoms with Crippen LogP contribution in [0.15, 0.2) is 27.4 Å². The van der Waals surface area contributed by atoms with Crippen LogP contribution in [0.1, 0.15) is 12.5 Å². The molecule has 0 saturated carbocycles. The maximum atomic E-state index is 11.6. The van der Waals surface area contributed by atoms with Gasteiger partial charge in [0.25, 0.3) is 0 Å². The van der Waals surface area contributed by atoms with Crippen molar-refractivity contribution in [1.29, 1.82) is 5.26 Å². The van der Waals surface area contributed by atoms with Gasteiger partial charge in [-0.2, -0.15) is 5.26 Å². The van der Waals surface area contributed by atoms with Gasteiger partial charge in [-0.05, 0) is 19.1 Å². The highest BCUT2D eigenvalue weighted by molar-refractivity contribution is 5.86. The van der Waals surface area contributed by atoms with Crippen molar-refractivity contribution in [3.05, 3.63) is 34.2 Å². The van der Waals surface area contributed by atoms with E-state index >= 15 is 0 Å². The summed E-state index contributed by atoms with van der Waals surface area (Å²) in [5.74, 6) is 0.826. The first-order valence-corrected chi connectivity index (χ1v) is 5.39. The van der Waals surface area contributed by atoms with Crippen LogP contribution >= 0.6 is 0 Å². The Morgan fingerprint density at radius 2 is 2.22 bits per heavy atom. The zero-order valence-electron chi connectivity index (χ0n) is 10.0. The van der Waals surface area contributed by atoms with Crippen LogP contribution in [0.25, 0.3) is 11.0 Å². The van der Waals surface area contributed by atoms with E-state index in [2.05, 4.69) is 0 Å². The van der Waals surface area contributed by atoms with Gasteiger partial charge in [-0.25, -0.2) is 4.79 Å². The average molecular weight is 245 g/mol. The van der Waals surface area contributed by atoms with E-state index in [1.165, 1.54) is 7.11 Å². The van der Waals surface area contributed by atoms with E-state index < -0.39 is 5.63 Å². The number of benzene rings is 1. The summed E-state index contributed by atoms with van der Waals surface area (Å²) in [6.07, 6.45) is 0. The zero-order chi connectivity index (χ0) is 13.1. The molecule has 0 amide bonds. The maximum absolute atomic E-state index is 11.6. The van der Waals surface area contributed by atoms with Gasteiger partial charge in [-0.15, -0.1) is 0 Å². The monoisotopic (exact) mass is 245 g/mol. The molecule has 5 heteroatoms. The summed E-state index contributed by atoms with van der Waals surface area (Å²) in [7, 11) is 1.41. The van der Waals surface area contributed by atoms with Crippen molar-refractivity contribution in [2.75, 3.05) is 13.7 Å². The second-order valence-corrected chi connectivity index (χ2v) is 3.50. The van der Waals surface area contributed by atoms with E-state index in [0.717, 1.165) is 0 Å². The average Bonchev–Trinajstić information content (AvgIpc) is 2.37. The number of ether oxygens (including phenoxy) is 2. The van der Waals surface area contributed by atoms with Crippen LogP contribution in [0.5, 0.6) is 11.5 Å². The Morgan fingerprint density at radius 1 is 1.44 bits per heavy atom. The van der Waals surface area contributed by atoms with Gasteiger partial charge < -0.3 is 13.9 Å². The van der Waals surface area contributed by atoms with Gasteiger partial charge in [-0.3, -0.25) is 0 Å². The third-order valence-corrected chi connectivity index (χ3v) is 2.46. The molecular weight excluding hydrogens is 234 g/mol. The molecule has 0 spiro atoms. The highest BCUT2D eigenvalue weighted by Crippen LogP contribution is 2.29. The van der Waals surface area contributed by atoms with E-state index in [4.69, 9.17) is 19.2 Å². The van der Waals surface area contributed by atoms with E-state index in [9.17, 15) is 4.79 Å².